The van der Waals surface area contributed by atoms with Gasteiger partial charge in [0.25, 0.3) is 0 Å². The number of carboxylic acids is 1. The molecule has 1 atom stereocenters. The Morgan fingerprint density at radius 1 is 1.50 bits per heavy atom. The van der Waals surface area contributed by atoms with E-state index in [1.54, 1.807) is 25.2 Å². The van der Waals surface area contributed by atoms with Crippen LogP contribution in [0.2, 0.25) is 0 Å². The molecule has 0 fully saturated rings. The molecule has 0 saturated carbocycles. The van der Waals surface area contributed by atoms with Crippen LogP contribution in [-0.4, -0.2) is 26.9 Å². The van der Waals surface area contributed by atoms with Crippen LogP contribution in [0.25, 0.3) is 11.1 Å². The van der Waals surface area contributed by atoms with Crippen LogP contribution in [0.15, 0.2) is 27.4 Å². The normalized spacial score (nSPS) is 12.8. The number of aliphatic carboxylic acids is 1. The third-order valence-electron chi connectivity index (χ3n) is 2.85. The van der Waals surface area contributed by atoms with Crippen molar-refractivity contribution in [3.8, 4) is 0 Å². The predicted octanol–water partition coefficient (Wildman–Crippen LogP) is 0.510. The van der Waals surface area contributed by atoms with Crippen molar-refractivity contribution in [3.05, 3.63) is 34.3 Å². The number of aliphatic hydroxyl groups excluding tert-OH is 1. The predicted molar refractivity (Wildman–Crippen MR) is 63.4 cm³/mol. The van der Waals surface area contributed by atoms with Gasteiger partial charge in [-0.15, -0.1) is 0 Å². The number of hydrogen-bond acceptors (Lipinski definition) is 4. The lowest BCUT2D eigenvalue weighted by atomic mass is 10.1. The molecule has 2 aromatic rings. The van der Waals surface area contributed by atoms with Crippen LogP contribution in [0.5, 0.6) is 0 Å². The summed E-state index contributed by atoms with van der Waals surface area (Å²) in [6.07, 6.45) is -0.816. The number of oxazole rings is 1. The minimum Gasteiger partial charge on any atom is -0.479 e. The molecular formula is C12H13NO5. The molecule has 0 aliphatic carbocycles. The number of rotatable bonds is 4. The Balaban J connectivity index is 2.22. The van der Waals surface area contributed by atoms with E-state index in [4.69, 9.17) is 9.52 Å². The molecule has 0 spiro atoms. The lowest BCUT2D eigenvalue weighted by Gasteiger charge is -2.05. The van der Waals surface area contributed by atoms with E-state index in [1.165, 1.54) is 4.57 Å². The van der Waals surface area contributed by atoms with E-state index in [2.05, 4.69) is 0 Å². The molecule has 6 heteroatoms. The number of fused-ring (bicyclic) bond motifs is 1. The second kappa shape index (κ2) is 4.66. The van der Waals surface area contributed by atoms with Gasteiger partial charge in [0.1, 0.15) is 0 Å². The summed E-state index contributed by atoms with van der Waals surface area (Å²) in [6, 6.07) is 5.17. The summed E-state index contributed by atoms with van der Waals surface area (Å²) in [5, 5.41) is 17.8. The second-order valence-electron chi connectivity index (χ2n) is 4.12. The molecule has 18 heavy (non-hydrogen) atoms. The van der Waals surface area contributed by atoms with Gasteiger partial charge >= 0.3 is 11.7 Å². The van der Waals surface area contributed by atoms with Gasteiger partial charge in [0.2, 0.25) is 0 Å². The maximum Gasteiger partial charge on any atom is 0.419 e. The Morgan fingerprint density at radius 2 is 2.22 bits per heavy atom. The minimum atomic E-state index is -1.37. The topological polar surface area (TPSA) is 92.7 Å². The lowest BCUT2D eigenvalue weighted by molar-refractivity contribution is -0.146. The molecule has 0 amide bonds. The Bertz CT molecular complexity index is 639. The van der Waals surface area contributed by atoms with E-state index in [9.17, 15) is 14.7 Å². The molecule has 1 aromatic carbocycles. The van der Waals surface area contributed by atoms with Gasteiger partial charge in [0, 0.05) is 7.05 Å². The highest BCUT2D eigenvalue weighted by Gasteiger charge is 2.13. The zero-order chi connectivity index (χ0) is 13.3. The number of aliphatic hydroxyl groups is 1. The van der Waals surface area contributed by atoms with Crippen molar-refractivity contribution in [3.63, 3.8) is 0 Å². The van der Waals surface area contributed by atoms with Gasteiger partial charge in [0.05, 0.1) is 5.52 Å². The summed E-state index contributed by atoms with van der Waals surface area (Å²) < 4.78 is 6.36. The zero-order valence-electron chi connectivity index (χ0n) is 9.79. The van der Waals surface area contributed by atoms with E-state index in [0.717, 1.165) is 5.56 Å². The van der Waals surface area contributed by atoms with Crippen molar-refractivity contribution < 1.29 is 19.4 Å². The van der Waals surface area contributed by atoms with E-state index in [1.807, 2.05) is 0 Å². The minimum absolute atomic E-state index is 0.132. The molecule has 2 N–H and O–H groups in total. The third-order valence-corrected chi connectivity index (χ3v) is 2.85. The number of carboxylic acid groups (broad SMARTS) is 1. The van der Waals surface area contributed by atoms with Crippen LogP contribution < -0.4 is 5.76 Å². The molecule has 96 valence electrons. The Kier molecular flexibility index (Phi) is 3.20. The smallest absolute Gasteiger partial charge is 0.419 e. The van der Waals surface area contributed by atoms with Gasteiger partial charge in [-0.2, -0.15) is 0 Å². The monoisotopic (exact) mass is 251 g/mol. The molecule has 0 radical (unpaired) electrons. The number of aryl methyl sites for hydroxylation is 2. The van der Waals surface area contributed by atoms with E-state index >= 15 is 0 Å². The molecule has 6 nitrogen and oxygen atoms in total. The summed E-state index contributed by atoms with van der Waals surface area (Å²) in [4.78, 5) is 21.8. The highest BCUT2D eigenvalue weighted by atomic mass is 16.4. The van der Waals surface area contributed by atoms with E-state index in [0.29, 0.717) is 17.5 Å². The molecule has 0 bridgehead atoms. The quantitative estimate of drug-likeness (QED) is 0.825. The van der Waals surface area contributed by atoms with Crippen molar-refractivity contribution >= 4 is 17.1 Å². The number of benzene rings is 1. The fourth-order valence-corrected chi connectivity index (χ4v) is 1.75. The van der Waals surface area contributed by atoms with Gasteiger partial charge < -0.3 is 14.6 Å². The van der Waals surface area contributed by atoms with Crippen molar-refractivity contribution in [1.29, 1.82) is 0 Å². The summed E-state index contributed by atoms with van der Waals surface area (Å²) in [6.45, 7) is 0. The average molecular weight is 251 g/mol. The maximum absolute atomic E-state index is 11.3. The van der Waals surface area contributed by atoms with Gasteiger partial charge in [-0.25, -0.2) is 9.59 Å². The van der Waals surface area contributed by atoms with Gasteiger partial charge in [-0.05, 0) is 30.5 Å². The number of hydrogen-bond donors (Lipinski definition) is 2. The van der Waals surface area contributed by atoms with Crippen molar-refractivity contribution in [2.24, 2.45) is 7.05 Å². The first-order valence-electron chi connectivity index (χ1n) is 5.48. The summed E-state index contributed by atoms with van der Waals surface area (Å²) in [7, 11) is 1.60. The first kappa shape index (κ1) is 12.4. The number of carbonyl (C=O) groups is 1. The van der Waals surface area contributed by atoms with Crippen LogP contribution in [-0.2, 0) is 18.3 Å². The summed E-state index contributed by atoms with van der Waals surface area (Å²) in [5.41, 5.74) is 1.99. The molecule has 0 aliphatic rings. The first-order valence-corrected chi connectivity index (χ1v) is 5.48. The van der Waals surface area contributed by atoms with Crippen LogP contribution in [0.1, 0.15) is 12.0 Å². The second-order valence-corrected chi connectivity index (χ2v) is 4.12. The van der Waals surface area contributed by atoms with Crippen LogP contribution in [0.4, 0.5) is 0 Å². The number of nitrogens with zero attached hydrogens (tertiary/aromatic N) is 1. The highest BCUT2D eigenvalue weighted by Crippen LogP contribution is 2.15. The fraction of sp³-hybridized carbons (Fsp3) is 0.333. The number of aromatic nitrogens is 1. The highest BCUT2D eigenvalue weighted by molar-refractivity contribution is 5.74. The van der Waals surface area contributed by atoms with Gasteiger partial charge in [-0.1, -0.05) is 6.07 Å². The zero-order valence-corrected chi connectivity index (χ0v) is 9.79. The van der Waals surface area contributed by atoms with Crippen molar-refractivity contribution in [2.75, 3.05) is 0 Å². The third kappa shape index (κ3) is 2.28. The van der Waals surface area contributed by atoms with Crippen molar-refractivity contribution in [2.45, 2.75) is 18.9 Å². The Hall–Kier alpha value is -2.08. The largest absolute Gasteiger partial charge is 0.479 e. The molecule has 0 saturated heterocycles. The first-order chi connectivity index (χ1) is 8.49. The Morgan fingerprint density at radius 3 is 2.89 bits per heavy atom. The van der Waals surface area contributed by atoms with Gasteiger partial charge in [0.15, 0.2) is 11.7 Å². The molecule has 1 aromatic heterocycles. The van der Waals surface area contributed by atoms with Crippen LogP contribution in [0.3, 0.4) is 0 Å². The lowest BCUT2D eigenvalue weighted by Crippen LogP contribution is -2.19. The Labute approximate surface area is 102 Å². The van der Waals surface area contributed by atoms with Crippen LogP contribution >= 0.6 is 0 Å². The SMILES string of the molecule is Cn1c(=O)oc2ccc(CCC(O)C(=O)O)cc21. The van der Waals surface area contributed by atoms with E-state index < -0.39 is 17.8 Å². The van der Waals surface area contributed by atoms with E-state index in [-0.39, 0.29) is 6.42 Å². The molecular weight excluding hydrogens is 238 g/mol. The summed E-state index contributed by atoms with van der Waals surface area (Å²) >= 11 is 0. The van der Waals surface area contributed by atoms with Crippen LogP contribution in [0, 0.1) is 0 Å². The summed E-state index contributed by atoms with van der Waals surface area (Å²) in [5.74, 6) is -1.67. The average Bonchev–Trinajstić information content (AvgIpc) is 2.62. The maximum atomic E-state index is 11.3. The molecule has 2 rings (SSSR count). The van der Waals surface area contributed by atoms with Crippen molar-refractivity contribution in [1.82, 2.24) is 4.57 Å². The molecule has 1 heterocycles. The fourth-order valence-electron chi connectivity index (χ4n) is 1.75. The molecule has 0 aliphatic heterocycles. The van der Waals surface area contributed by atoms with Gasteiger partial charge in [-0.3, -0.25) is 4.57 Å². The standard InChI is InChI=1S/C12H13NO5/c1-13-8-6-7(2-4-9(14)11(15)16)3-5-10(8)18-12(13)17/h3,5-6,9,14H,2,4H2,1H3,(H,15,16). The molecule has 1 unspecified atom stereocenters.